The summed E-state index contributed by atoms with van der Waals surface area (Å²) < 4.78 is 5.51. The third-order valence-corrected chi connectivity index (χ3v) is 5.44. The lowest BCUT2D eigenvalue weighted by Crippen LogP contribution is -2.46. The van der Waals surface area contributed by atoms with Gasteiger partial charge in [-0.25, -0.2) is 9.59 Å². The zero-order valence-electron chi connectivity index (χ0n) is 17.8. The van der Waals surface area contributed by atoms with Crippen LogP contribution in [-0.4, -0.2) is 31.2 Å². The molecule has 0 radical (unpaired) electrons. The molecule has 1 aromatic rings. The van der Waals surface area contributed by atoms with Gasteiger partial charge in [0.15, 0.2) is 0 Å². The number of amides is 2. The Morgan fingerprint density at radius 2 is 1.86 bits per heavy atom. The third kappa shape index (κ3) is 5.31. The Bertz CT molecular complexity index is 749. The average Bonchev–Trinajstić information content (AvgIpc) is 2.72. The minimum absolute atomic E-state index is 0.220. The summed E-state index contributed by atoms with van der Waals surface area (Å²) in [6, 6.07) is 7.43. The van der Waals surface area contributed by atoms with E-state index < -0.39 is 6.04 Å². The number of allylic oxidation sites excluding steroid dienone is 1. The average molecular weight is 400 g/mol. The fourth-order valence-corrected chi connectivity index (χ4v) is 3.97. The van der Waals surface area contributed by atoms with E-state index in [2.05, 4.69) is 34.6 Å². The molecule has 0 aromatic heterocycles. The van der Waals surface area contributed by atoms with Crippen LogP contribution in [0.2, 0.25) is 0 Å². The number of rotatable bonds is 7. The van der Waals surface area contributed by atoms with E-state index in [4.69, 9.17) is 4.74 Å². The predicted octanol–water partition coefficient (Wildman–Crippen LogP) is 4.43. The summed E-state index contributed by atoms with van der Waals surface area (Å²) in [6.07, 6.45) is 6.05. The molecule has 1 aromatic carbocycles. The summed E-state index contributed by atoms with van der Waals surface area (Å²) >= 11 is 0. The van der Waals surface area contributed by atoms with Crippen molar-refractivity contribution in [2.75, 3.05) is 18.0 Å². The lowest BCUT2D eigenvalue weighted by molar-refractivity contribution is -0.143. The van der Waals surface area contributed by atoms with Crippen molar-refractivity contribution in [3.63, 3.8) is 0 Å². The van der Waals surface area contributed by atoms with Crippen molar-refractivity contribution in [3.8, 4) is 0 Å². The van der Waals surface area contributed by atoms with Crippen LogP contribution in [0.25, 0.3) is 0 Å². The number of anilines is 1. The largest absolute Gasteiger partial charge is 0.459 e. The molecule has 6 nitrogen and oxygen atoms in total. The lowest BCUT2D eigenvalue weighted by atomic mass is 9.93. The van der Waals surface area contributed by atoms with Crippen LogP contribution in [0, 0.1) is 0 Å². The Hall–Kier alpha value is -2.50. The number of benzene rings is 1. The summed E-state index contributed by atoms with van der Waals surface area (Å²) in [6.45, 7) is 7.92. The van der Waals surface area contributed by atoms with Crippen LogP contribution in [0.5, 0.6) is 0 Å². The summed E-state index contributed by atoms with van der Waals surface area (Å²) in [7, 11) is 0. The van der Waals surface area contributed by atoms with E-state index >= 15 is 0 Å². The van der Waals surface area contributed by atoms with Crippen LogP contribution in [0.15, 0.2) is 35.5 Å². The minimum Gasteiger partial charge on any atom is -0.459 e. The number of ether oxygens (including phenoxy) is 1. The molecule has 2 N–H and O–H groups in total. The van der Waals surface area contributed by atoms with E-state index in [-0.39, 0.29) is 18.1 Å². The Balaban J connectivity index is 1.90. The van der Waals surface area contributed by atoms with Gasteiger partial charge in [0.25, 0.3) is 0 Å². The van der Waals surface area contributed by atoms with Gasteiger partial charge in [-0.05, 0) is 63.6 Å². The van der Waals surface area contributed by atoms with Crippen LogP contribution >= 0.6 is 0 Å². The number of nitrogens with one attached hydrogen (secondary N) is 2. The number of unbranched alkanes of at least 4 members (excludes halogenated alkanes) is 1. The zero-order valence-corrected chi connectivity index (χ0v) is 17.8. The highest BCUT2D eigenvalue weighted by molar-refractivity contribution is 5.95. The molecule has 1 atom stereocenters. The molecule has 1 saturated heterocycles. The van der Waals surface area contributed by atoms with Gasteiger partial charge in [-0.1, -0.05) is 25.5 Å². The van der Waals surface area contributed by atoms with Crippen molar-refractivity contribution in [2.24, 2.45) is 0 Å². The molecule has 2 amide bonds. The number of piperidine rings is 1. The molecule has 2 aliphatic heterocycles. The SMILES string of the molecule is CCCCC1=C(C(=O)OC(C)C)C(c2ccc(N3CCCCC3)cc2)NC(=O)N1. The third-order valence-electron chi connectivity index (χ3n) is 5.44. The second kappa shape index (κ2) is 9.81. The van der Waals surface area contributed by atoms with Gasteiger partial charge in [0, 0.05) is 24.5 Å². The Labute approximate surface area is 173 Å². The van der Waals surface area contributed by atoms with Crippen LogP contribution in [0.4, 0.5) is 10.5 Å². The van der Waals surface area contributed by atoms with Gasteiger partial charge in [-0.15, -0.1) is 0 Å². The highest BCUT2D eigenvalue weighted by Crippen LogP contribution is 2.31. The van der Waals surface area contributed by atoms with Gasteiger partial charge in [0.1, 0.15) is 0 Å². The van der Waals surface area contributed by atoms with Crippen LogP contribution in [0.3, 0.4) is 0 Å². The van der Waals surface area contributed by atoms with Crippen molar-refractivity contribution in [3.05, 3.63) is 41.1 Å². The monoisotopic (exact) mass is 399 g/mol. The number of hydrogen-bond donors (Lipinski definition) is 2. The molecule has 1 unspecified atom stereocenters. The van der Waals surface area contributed by atoms with Gasteiger partial charge >= 0.3 is 12.0 Å². The van der Waals surface area contributed by atoms with Crippen LogP contribution < -0.4 is 15.5 Å². The maximum Gasteiger partial charge on any atom is 0.338 e. The first-order valence-electron chi connectivity index (χ1n) is 10.9. The summed E-state index contributed by atoms with van der Waals surface area (Å²) in [5.41, 5.74) is 3.27. The minimum atomic E-state index is -0.503. The highest BCUT2D eigenvalue weighted by Gasteiger charge is 2.33. The summed E-state index contributed by atoms with van der Waals surface area (Å²) in [4.78, 5) is 27.6. The van der Waals surface area contributed by atoms with E-state index in [0.29, 0.717) is 17.7 Å². The van der Waals surface area contributed by atoms with Crippen molar-refractivity contribution in [1.29, 1.82) is 0 Å². The zero-order chi connectivity index (χ0) is 20.8. The molecule has 3 rings (SSSR count). The molecular weight excluding hydrogens is 366 g/mol. The number of esters is 1. The first-order valence-corrected chi connectivity index (χ1v) is 10.9. The van der Waals surface area contributed by atoms with Gasteiger partial charge < -0.3 is 20.3 Å². The predicted molar refractivity (Wildman–Crippen MR) is 115 cm³/mol. The molecule has 0 spiro atoms. The number of hydrogen-bond acceptors (Lipinski definition) is 4. The standard InChI is InChI=1S/C23H33N3O3/c1-4-5-9-19-20(22(27)29-16(2)3)21(25-23(28)24-19)17-10-12-18(13-11-17)26-14-7-6-8-15-26/h10-13,16,21H,4-9,14-15H2,1-3H3,(H2,24,25,28). The van der Waals surface area contributed by atoms with E-state index in [9.17, 15) is 9.59 Å². The quantitative estimate of drug-likeness (QED) is 0.666. The van der Waals surface area contributed by atoms with Crippen molar-refractivity contribution in [1.82, 2.24) is 10.6 Å². The van der Waals surface area contributed by atoms with Crippen molar-refractivity contribution >= 4 is 17.7 Å². The van der Waals surface area contributed by atoms with E-state index in [1.807, 2.05) is 26.0 Å². The second-order valence-corrected chi connectivity index (χ2v) is 8.12. The normalized spacial score (nSPS) is 19.8. The van der Waals surface area contributed by atoms with Crippen LogP contribution in [-0.2, 0) is 9.53 Å². The molecule has 158 valence electrons. The molecule has 0 bridgehead atoms. The summed E-state index contributed by atoms with van der Waals surface area (Å²) in [5, 5.41) is 5.76. The first kappa shape index (κ1) is 21.2. The summed E-state index contributed by atoms with van der Waals surface area (Å²) in [5.74, 6) is -0.372. The van der Waals surface area contributed by atoms with E-state index in [1.54, 1.807) is 0 Å². The fourth-order valence-electron chi connectivity index (χ4n) is 3.97. The molecule has 6 heteroatoms. The maximum absolute atomic E-state index is 12.9. The topological polar surface area (TPSA) is 70.7 Å². The van der Waals surface area contributed by atoms with Gasteiger partial charge in [0.2, 0.25) is 0 Å². The van der Waals surface area contributed by atoms with Gasteiger partial charge in [-0.3, -0.25) is 0 Å². The number of nitrogens with zero attached hydrogens (tertiary/aromatic N) is 1. The Morgan fingerprint density at radius 1 is 1.17 bits per heavy atom. The lowest BCUT2D eigenvalue weighted by Gasteiger charge is -2.31. The number of carbonyl (C=O) groups is 2. The first-order chi connectivity index (χ1) is 14.0. The number of urea groups is 1. The molecule has 1 fully saturated rings. The molecule has 0 saturated carbocycles. The van der Waals surface area contributed by atoms with Gasteiger partial charge in [-0.2, -0.15) is 0 Å². The molecule has 0 aliphatic carbocycles. The Morgan fingerprint density at radius 3 is 2.48 bits per heavy atom. The fraction of sp³-hybridized carbons (Fsp3) is 0.565. The molecule has 2 heterocycles. The van der Waals surface area contributed by atoms with Crippen molar-refractivity contribution in [2.45, 2.75) is 71.4 Å². The van der Waals surface area contributed by atoms with Crippen molar-refractivity contribution < 1.29 is 14.3 Å². The maximum atomic E-state index is 12.9. The smallest absolute Gasteiger partial charge is 0.338 e. The second-order valence-electron chi connectivity index (χ2n) is 8.12. The van der Waals surface area contributed by atoms with Crippen LogP contribution in [0.1, 0.15) is 70.9 Å². The van der Waals surface area contributed by atoms with E-state index in [0.717, 1.165) is 31.5 Å². The Kier molecular flexibility index (Phi) is 7.18. The molecule has 29 heavy (non-hydrogen) atoms. The molecule has 2 aliphatic rings. The van der Waals surface area contributed by atoms with E-state index in [1.165, 1.54) is 24.9 Å². The highest BCUT2D eigenvalue weighted by atomic mass is 16.5. The molecular formula is C23H33N3O3. The number of carbonyl (C=O) groups excluding carboxylic acids is 2. The van der Waals surface area contributed by atoms with Gasteiger partial charge in [0.05, 0.1) is 17.7 Å².